The number of alkyl halides is 2. The van der Waals surface area contributed by atoms with Crippen LogP contribution in [-0.4, -0.2) is 10.2 Å². The minimum Gasteiger partial charge on any atom is -0.328 e. The molecule has 0 unspecified atom stereocenters. The van der Waals surface area contributed by atoms with Gasteiger partial charge >= 0.3 is 0 Å². The summed E-state index contributed by atoms with van der Waals surface area (Å²) in [5.74, 6) is 0. The van der Waals surface area contributed by atoms with Gasteiger partial charge in [0.2, 0.25) is 0 Å². The summed E-state index contributed by atoms with van der Waals surface area (Å²) in [5, 5.41) is -1.05. The van der Waals surface area contributed by atoms with Gasteiger partial charge in [-0.05, 0) is 24.1 Å². The lowest BCUT2D eigenvalue weighted by atomic mass is 10.1. The van der Waals surface area contributed by atoms with Crippen molar-refractivity contribution in [2.45, 2.75) is 13.3 Å². The fourth-order valence-electron chi connectivity index (χ4n) is 1.12. The number of carbonyl (C=O) groups is 1. The second kappa shape index (κ2) is 3.88. The van der Waals surface area contributed by atoms with Gasteiger partial charge in [-0.1, -0.05) is 0 Å². The molecule has 1 aromatic rings. The molecule has 1 rings (SSSR count). The molecule has 0 spiro atoms. The number of rotatable bonds is 2. The fraction of sp³-hybridized carbons (Fsp3) is 0.250. The maximum atomic E-state index is 12.4. The summed E-state index contributed by atoms with van der Waals surface area (Å²) in [6.07, 6.45) is -1.85. The molecule has 0 fully saturated rings. The topological polar surface area (TPSA) is 49.9 Å². The van der Waals surface area contributed by atoms with Crippen molar-refractivity contribution in [3.05, 3.63) is 33.2 Å². The van der Waals surface area contributed by atoms with Crippen LogP contribution >= 0.6 is 11.6 Å². The fourth-order valence-corrected chi connectivity index (χ4v) is 1.37. The predicted octanol–water partition coefficient (Wildman–Crippen LogP) is 2.00. The van der Waals surface area contributed by atoms with Gasteiger partial charge in [0.1, 0.15) is 0 Å². The molecule has 0 bridgehead atoms. The van der Waals surface area contributed by atoms with E-state index in [4.69, 9.17) is 11.6 Å². The van der Waals surface area contributed by atoms with E-state index in [0.717, 1.165) is 0 Å². The lowest BCUT2D eigenvalue weighted by Gasteiger charge is -2.06. The summed E-state index contributed by atoms with van der Waals surface area (Å²) in [4.78, 5) is 23.9. The first-order chi connectivity index (χ1) is 6.45. The zero-order chi connectivity index (χ0) is 10.9. The molecule has 3 nitrogen and oxygen atoms in total. The first-order valence-corrected chi connectivity index (χ1v) is 4.03. The van der Waals surface area contributed by atoms with E-state index in [1.165, 1.54) is 13.1 Å². The number of aromatic nitrogens is 1. The van der Waals surface area contributed by atoms with Gasteiger partial charge in [-0.15, -0.1) is 0 Å². The van der Waals surface area contributed by atoms with Gasteiger partial charge in [-0.3, -0.25) is 9.59 Å². The Morgan fingerprint density at radius 1 is 1.57 bits per heavy atom. The predicted molar refractivity (Wildman–Crippen MR) is 46.9 cm³/mol. The summed E-state index contributed by atoms with van der Waals surface area (Å²) >= 11 is 5.10. The zero-order valence-electron chi connectivity index (χ0n) is 7.11. The second-order valence-corrected chi connectivity index (χ2v) is 3.01. The number of hydrogen-bond acceptors (Lipinski definition) is 2. The first kappa shape index (κ1) is 10.8. The zero-order valence-corrected chi connectivity index (χ0v) is 7.86. The van der Waals surface area contributed by atoms with Crippen LogP contribution in [0.25, 0.3) is 0 Å². The van der Waals surface area contributed by atoms with Gasteiger partial charge in [0.15, 0.2) is 0 Å². The summed E-state index contributed by atoms with van der Waals surface area (Å²) in [5.41, 5.74) is -2.05. The molecular weight excluding hydrogens is 216 g/mol. The van der Waals surface area contributed by atoms with Crippen LogP contribution in [0.1, 0.15) is 27.9 Å². The van der Waals surface area contributed by atoms with Crippen molar-refractivity contribution in [1.82, 2.24) is 4.98 Å². The number of nitrogens with one attached hydrogen (secondary N) is 1. The number of H-pyrrole nitrogens is 1. The molecule has 6 heteroatoms. The van der Waals surface area contributed by atoms with Crippen LogP contribution in [-0.2, 0) is 0 Å². The largest absolute Gasteiger partial charge is 0.328 e. The van der Waals surface area contributed by atoms with E-state index in [9.17, 15) is 18.4 Å². The van der Waals surface area contributed by atoms with E-state index < -0.39 is 28.4 Å². The quantitative estimate of drug-likeness (QED) is 0.777. The Morgan fingerprint density at radius 3 is 2.50 bits per heavy atom. The molecule has 0 aliphatic heterocycles. The Balaban J connectivity index is 3.58. The molecule has 0 radical (unpaired) electrons. The van der Waals surface area contributed by atoms with Gasteiger partial charge < -0.3 is 4.98 Å². The highest BCUT2D eigenvalue weighted by atomic mass is 35.5. The molecule has 0 saturated heterocycles. The minimum atomic E-state index is -3.02. The molecule has 0 aliphatic carbocycles. The molecule has 0 aliphatic rings. The van der Waals surface area contributed by atoms with Crippen LogP contribution in [0.2, 0.25) is 0 Å². The van der Waals surface area contributed by atoms with Crippen molar-refractivity contribution >= 4 is 16.8 Å². The smallest absolute Gasteiger partial charge is 0.269 e. The van der Waals surface area contributed by atoms with Gasteiger partial charge in [0.05, 0.1) is 11.1 Å². The molecule has 1 heterocycles. The molecular formula is C8H6ClF2NO2. The number of aromatic amines is 1. The van der Waals surface area contributed by atoms with Crippen molar-refractivity contribution in [3.63, 3.8) is 0 Å². The Hall–Kier alpha value is -1.23. The molecule has 1 aromatic heterocycles. The third-order valence-electron chi connectivity index (χ3n) is 1.74. The number of carbonyl (C=O) groups excluding carboxylic acids is 1. The van der Waals surface area contributed by atoms with Crippen molar-refractivity contribution in [2.75, 3.05) is 0 Å². The lowest BCUT2D eigenvalue weighted by molar-refractivity contribution is 0.106. The lowest BCUT2D eigenvalue weighted by Crippen LogP contribution is -2.18. The van der Waals surface area contributed by atoms with E-state index in [1.54, 1.807) is 0 Å². The van der Waals surface area contributed by atoms with E-state index in [-0.39, 0.29) is 5.56 Å². The Morgan fingerprint density at radius 2 is 2.14 bits per heavy atom. The van der Waals surface area contributed by atoms with Crippen LogP contribution in [0.5, 0.6) is 0 Å². The Bertz CT molecular complexity index is 428. The van der Waals surface area contributed by atoms with Crippen LogP contribution in [0.15, 0.2) is 11.0 Å². The van der Waals surface area contributed by atoms with Crippen molar-refractivity contribution in [3.8, 4) is 0 Å². The van der Waals surface area contributed by atoms with Gasteiger partial charge in [-0.2, -0.15) is 0 Å². The summed E-state index contributed by atoms with van der Waals surface area (Å²) in [7, 11) is 0. The first-order valence-electron chi connectivity index (χ1n) is 3.65. The average Bonchev–Trinajstić information content (AvgIpc) is 2.07. The number of pyridine rings is 1. The monoisotopic (exact) mass is 221 g/mol. The molecule has 0 atom stereocenters. The van der Waals surface area contributed by atoms with E-state index in [2.05, 4.69) is 4.98 Å². The van der Waals surface area contributed by atoms with Gasteiger partial charge in [-0.25, -0.2) is 8.78 Å². The van der Waals surface area contributed by atoms with Crippen LogP contribution in [0.4, 0.5) is 8.78 Å². The van der Waals surface area contributed by atoms with Crippen LogP contribution in [0, 0.1) is 6.92 Å². The molecule has 0 saturated carbocycles. The Kier molecular flexibility index (Phi) is 3.00. The maximum absolute atomic E-state index is 12.4. The van der Waals surface area contributed by atoms with E-state index in [0.29, 0.717) is 0 Å². The highest BCUT2D eigenvalue weighted by Gasteiger charge is 2.22. The van der Waals surface area contributed by atoms with Crippen LogP contribution < -0.4 is 5.56 Å². The molecule has 0 amide bonds. The van der Waals surface area contributed by atoms with Crippen molar-refractivity contribution in [1.29, 1.82) is 0 Å². The SMILES string of the molecule is Cc1c[nH]c(=O)c(C(F)F)c1C(=O)Cl. The number of hydrogen-bond donors (Lipinski definition) is 1. The average molecular weight is 222 g/mol. The van der Waals surface area contributed by atoms with E-state index >= 15 is 0 Å². The number of aryl methyl sites for hydroxylation is 1. The molecule has 0 aromatic carbocycles. The Labute approximate surface area is 82.7 Å². The third-order valence-corrected chi connectivity index (χ3v) is 1.93. The van der Waals surface area contributed by atoms with Gasteiger partial charge in [0.25, 0.3) is 17.2 Å². The second-order valence-electron chi connectivity index (χ2n) is 2.66. The third kappa shape index (κ3) is 1.82. The standard InChI is InChI=1S/C8H6ClF2NO2/c1-3-2-12-8(14)5(7(10)11)4(3)6(9)13/h2,7H,1H3,(H,12,14). The van der Waals surface area contributed by atoms with Gasteiger partial charge in [0, 0.05) is 6.20 Å². The minimum absolute atomic E-state index is 0.222. The highest BCUT2D eigenvalue weighted by Crippen LogP contribution is 2.22. The highest BCUT2D eigenvalue weighted by molar-refractivity contribution is 6.68. The summed E-state index contributed by atoms with van der Waals surface area (Å²) in [6, 6.07) is 0. The molecule has 1 N–H and O–H groups in total. The van der Waals surface area contributed by atoms with Crippen molar-refractivity contribution in [2.24, 2.45) is 0 Å². The summed E-state index contributed by atoms with van der Waals surface area (Å²) in [6.45, 7) is 1.41. The van der Waals surface area contributed by atoms with Crippen molar-refractivity contribution < 1.29 is 13.6 Å². The normalized spacial score (nSPS) is 10.6. The van der Waals surface area contributed by atoms with Crippen LogP contribution in [0.3, 0.4) is 0 Å². The molecule has 14 heavy (non-hydrogen) atoms. The maximum Gasteiger partial charge on any atom is 0.269 e. The summed E-state index contributed by atoms with van der Waals surface area (Å²) < 4.78 is 24.8. The molecule has 76 valence electrons. The van der Waals surface area contributed by atoms with E-state index in [1.807, 2.05) is 0 Å². The number of halogens is 3.